The molecule has 1 aliphatic carbocycles. The first-order chi connectivity index (χ1) is 11.5. The maximum atomic E-state index is 11.9. The lowest BCUT2D eigenvalue weighted by Gasteiger charge is -2.17. The van der Waals surface area contributed by atoms with Gasteiger partial charge in [-0.2, -0.15) is 0 Å². The van der Waals surface area contributed by atoms with Gasteiger partial charge in [-0.25, -0.2) is 0 Å². The van der Waals surface area contributed by atoms with Crippen LogP contribution in [0.4, 0.5) is 0 Å². The lowest BCUT2D eigenvalue weighted by atomic mass is 10.2. The van der Waals surface area contributed by atoms with E-state index >= 15 is 0 Å². The second kappa shape index (κ2) is 8.82. The minimum absolute atomic E-state index is 0.177. The number of amides is 2. The van der Waals surface area contributed by atoms with Crippen LogP contribution in [0.2, 0.25) is 0 Å². The third-order valence-electron chi connectivity index (χ3n) is 3.88. The molecule has 0 bridgehead atoms. The van der Waals surface area contributed by atoms with Gasteiger partial charge in [0.15, 0.2) is 6.10 Å². The van der Waals surface area contributed by atoms with Gasteiger partial charge in [-0.3, -0.25) is 14.4 Å². The third kappa shape index (κ3) is 5.63. The Morgan fingerprint density at radius 3 is 2.46 bits per heavy atom. The maximum Gasteiger partial charge on any atom is 0.326 e. The van der Waals surface area contributed by atoms with Crippen LogP contribution in [0, 0.1) is 0 Å². The minimum Gasteiger partial charge on any atom is -0.451 e. The van der Waals surface area contributed by atoms with Gasteiger partial charge in [0.1, 0.15) is 6.54 Å². The van der Waals surface area contributed by atoms with Gasteiger partial charge >= 0.3 is 5.97 Å². The van der Waals surface area contributed by atoms with E-state index in [1.165, 1.54) is 6.92 Å². The molecule has 7 heteroatoms. The average Bonchev–Trinajstić information content (AvgIpc) is 3.06. The summed E-state index contributed by atoms with van der Waals surface area (Å²) in [6, 6.07) is 6.94. The smallest absolute Gasteiger partial charge is 0.326 e. The van der Waals surface area contributed by atoms with Crippen molar-refractivity contribution in [3.05, 3.63) is 34.3 Å². The van der Waals surface area contributed by atoms with Crippen molar-refractivity contribution in [3.8, 4) is 0 Å². The molecule has 0 unspecified atom stereocenters. The van der Waals surface area contributed by atoms with Crippen LogP contribution in [0.1, 0.15) is 43.0 Å². The quantitative estimate of drug-likeness (QED) is 0.721. The van der Waals surface area contributed by atoms with Crippen LogP contribution >= 0.6 is 15.9 Å². The van der Waals surface area contributed by atoms with Crippen LogP contribution in [-0.2, 0) is 14.3 Å². The number of hydrogen-bond acceptors (Lipinski definition) is 4. The monoisotopic (exact) mass is 396 g/mol. The zero-order valence-electron chi connectivity index (χ0n) is 13.5. The Morgan fingerprint density at radius 2 is 1.83 bits per heavy atom. The molecule has 0 heterocycles. The highest BCUT2D eigenvalue weighted by molar-refractivity contribution is 9.10. The summed E-state index contributed by atoms with van der Waals surface area (Å²) in [7, 11) is 0. The molecule has 24 heavy (non-hydrogen) atoms. The van der Waals surface area contributed by atoms with Gasteiger partial charge < -0.3 is 15.4 Å². The second-order valence-corrected chi connectivity index (χ2v) is 6.73. The van der Waals surface area contributed by atoms with E-state index in [2.05, 4.69) is 26.6 Å². The lowest BCUT2D eigenvalue weighted by molar-refractivity contribution is -0.154. The van der Waals surface area contributed by atoms with Gasteiger partial charge in [0.25, 0.3) is 11.8 Å². The molecule has 1 fully saturated rings. The molecule has 2 rings (SSSR count). The molecule has 6 nitrogen and oxygen atoms in total. The molecule has 1 aromatic carbocycles. The summed E-state index contributed by atoms with van der Waals surface area (Å²) in [4.78, 5) is 35.6. The molecule has 0 spiro atoms. The van der Waals surface area contributed by atoms with E-state index in [9.17, 15) is 14.4 Å². The van der Waals surface area contributed by atoms with Crippen LogP contribution in [0.15, 0.2) is 28.7 Å². The summed E-state index contributed by atoms with van der Waals surface area (Å²) >= 11 is 3.28. The number of esters is 1. The predicted molar refractivity (Wildman–Crippen MR) is 92.4 cm³/mol. The standard InChI is InChI=1S/C17H21BrN2O4/c1-11(16(22)20-14-4-2-3-5-14)24-15(21)10-19-17(23)12-6-8-13(18)9-7-12/h6-9,11,14H,2-5,10H2,1H3,(H,19,23)(H,20,22)/t11-/m1/s1. The predicted octanol–water partition coefficient (Wildman–Crippen LogP) is 2.17. The largest absolute Gasteiger partial charge is 0.451 e. The topological polar surface area (TPSA) is 84.5 Å². The fraction of sp³-hybridized carbons (Fsp3) is 0.471. The van der Waals surface area contributed by atoms with Crippen molar-refractivity contribution in [2.24, 2.45) is 0 Å². The molecule has 1 atom stereocenters. The average molecular weight is 397 g/mol. The summed E-state index contributed by atoms with van der Waals surface area (Å²) in [6.45, 7) is 1.24. The Kier molecular flexibility index (Phi) is 6.78. The fourth-order valence-electron chi connectivity index (χ4n) is 2.54. The van der Waals surface area contributed by atoms with Crippen molar-refractivity contribution < 1.29 is 19.1 Å². The number of benzene rings is 1. The normalized spacial score (nSPS) is 15.6. The van der Waals surface area contributed by atoms with E-state index in [0.717, 1.165) is 30.2 Å². The van der Waals surface area contributed by atoms with Gasteiger partial charge in [0, 0.05) is 16.1 Å². The minimum atomic E-state index is -0.873. The maximum absolute atomic E-state index is 11.9. The molecule has 2 N–H and O–H groups in total. The zero-order valence-corrected chi connectivity index (χ0v) is 15.1. The number of halogens is 1. The van der Waals surface area contributed by atoms with Gasteiger partial charge in [0.2, 0.25) is 0 Å². The fourth-order valence-corrected chi connectivity index (χ4v) is 2.80. The van der Waals surface area contributed by atoms with Crippen molar-refractivity contribution in [3.63, 3.8) is 0 Å². The molecule has 0 aliphatic heterocycles. The Labute approximate surface area is 149 Å². The molecule has 1 saturated carbocycles. The van der Waals surface area contributed by atoms with E-state index < -0.39 is 12.1 Å². The Hall–Kier alpha value is -1.89. The highest BCUT2D eigenvalue weighted by Crippen LogP contribution is 2.17. The van der Waals surface area contributed by atoms with Crippen LogP contribution in [0.3, 0.4) is 0 Å². The van der Waals surface area contributed by atoms with Crippen molar-refractivity contribution >= 4 is 33.7 Å². The number of rotatable bonds is 6. The number of hydrogen-bond donors (Lipinski definition) is 2. The summed E-state index contributed by atoms with van der Waals surface area (Å²) < 4.78 is 5.92. The van der Waals surface area contributed by atoms with E-state index in [1.807, 2.05) is 0 Å². The SMILES string of the molecule is C[C@@H](OC(=O)CNC(=O)c1ccc(Br)cc1)C(=O)NC1CCCC1. The highest BCUT2D eigenvalue weighted by atomic mass is 79.9. The summed E-state index contributed by atoms with van der Waals surface area (Å²) in [6.07, 6.45) is 3.29. The number of carbonyl (C=O) groups is 3. The molecular weight excluding hydrogens is 376 g/mol. The van der Waals surface area contributed by atoms with Crippen LogP contribution in [0.5, 0.6) is 0 Å². The first kappa shape index (κ1) is 18.4. The molecule has 0 saturated heterocycles. The van der Waals surface area contributed by atoms with Crippen molar-refractivity contribution in [1.82, 2.24) is 10.6 Å². The molecular formula is C17H21BrN2O4. The van der Waals surface area contributed by atoms with Crippen molar-refractivity contribution in [2.75, 3.05) is 6.54 Å². The van der Waals surface area contributed by atoms with Crippen LogP contribution < -0.4 is 10.6 Å². The summed E-state index contributed by atoms with van der Waals surface area (Å²) in [5.41, 5.74) is 0.443. The first-order valence-corrected chi connectivity index (χ1v) is 8.78. The molecule has 130 valence electrons. The number of nitrogens with one attached hydrogen (secondary N) is 2. The van der Waals surface area contributed by atoms with E-state index in [-0.39, 0.29) is 24.4 Å². The van der Waals surface area contributed by atoms with E-state index in [1.54, 1.807) is 24.3 Å². The van der Waals surface area contributed by atoms with Gasteiger partial charge in [-0.05, 0) is 44.0 Å². The second-order valence-electron chi connectivity index (χ2n) is 5.81. The van der Waals surface area contributed by atoms with E-state index in [0.29, 0.717) is 5.56 Å². The third-order valence-corrected chi connectivity index (χ3v) is 4.41. The zero-order chi connectivity index (χ0) is 17.5. The van der Waals surface area contributed by atoms with Crippen LogP contribution in [0.25, 0.3) is 0 Å². The van der Waals surface area contributed by atoms with Gasteiger partial charge in [0.05, 0.1) is 0 Å². The Morgan fingerprint density at radius 1 is 1.21 bits per heavy atom. The molecule has 0 aromatic heterocycles. The molecule has 1 aromatic rings. The van der Waals surface area contributed by atoms with Crippen molar-refractivity contribution in [2.45, 2.75) is 44.8 Å². The Bertz CT molecular complexity index is 597. The lowest BCUT2D eigenvalue weighted by Crippen LogP contribution is -2.42. The Balaban J connectivity index is 1.72. The molecule has 0 radical (unpaired) electrons. The van der Waals surface area contributed by atoms with Crippen LogP contribution in [-0.4, -0.2) is 36.5 Å². The van der Waals surface area contributed by atoms with Crippen molar-refractivity contribution in [1.29, 1.82) is 0 Å². The summed E-state index contributed by atoms with van der Waals surface area (Å²) in [5, 5.41) is 5.35. The number of carbonyl (C=O) groups excluding carboxylic acids is 3. The molecule has 2 amide bonds. The summed E-state index contributed by atoms with van der Waals surface area (Å²) in [5.74, 6) is -1.31. The van der Waals surface area contributed by atoms with E-state index in [4.69, 9.17) is 4.74 Å². The molecule has 1 aliphatic rings. The highest BCUT2D eigenvalue weighted by Gasteiger charge is 2.23. The van der Waals surface area contributed by atoms with Gasteiger partial charge in [-0.1, -0.05) is 28.8 Å². The van der Waals surface area contributed by atoms with Gasteiger partial charge in [-0.15, -0.1) is 0 Å². The first-order valence-electron chi connectivity index (χ1n) is 7.99. The number of ether oxygens (including phenoxy) is 1.